The monoisotopic (exact) mass is 316 g/mol. The Morgan fingerprint density at radius 1 is 1.15 bits per heavy atom. The van der Waals surface area contributed by atoms with E-state index in [2.05, 4.69) is 4.18 Å². The zero-order valence-electron chi connectivity index (χ0n) is 10.3. The van der Waals surface area contributed by atoms with E-state index in [1.807, 2.05) is 0 Å². The molecule has 0 unspecified atom stereocenters. The highest BCUT2D eigenvalue weighted by atomic mass is 32.2. The summed E-state index contributed by atoms with van der Waals surface area (Å²) in [5.74, 6) is -0.930. The van der Waals surface area contributed by atoms with Crippen molar-refractivity contribution in [1.82, 2.24) is 0 Å². The number of hydrogen-bond acceptors (Lipinski definition) is 4. The topological polar surface area (TPSA) is 43.4 Å². The third-order valence-electron chi connectivity index (χ3n) is 2.42. The summed E-state index contributed by atoms with van der Waals surface area (Å²) in [7, 11) is -4.28. The van der Waals surface area contributed by atoms with Gasteiger partial charge in [-0.1, -0.05) is 23.8 Å². The van der Waals surface area contributed by atoms with Crippen molar-refractivity contribution >= 4 is 27.2 Å². The Labute approximate surface area is 119 Å². The SMILES string of the molecule is Cc1ccc(S(=O)(=O)OC(=C(F)F)c2cccs2)cc1. The van der Waals surface area contributed by atoms with Gasteiger partial charge in [0.15, 0.2) is 0 Å². The summed E-state index contributed by atoms with van der Waals surface area (Å²) in [5, 5.41) is 1.56. The van der Waals surface area contributed by atoms with E-state index in [4.69, 9.17) is 0 Å². The molecule has 0 fully saturated rings. The van der Waals surface area contributed by atoms with Crippen LogP contribution in [0.4, 0.5) is 8.78 Å². The zero-order valence-corrected chi connectivity index (χ0v) is 12.0. The van der Waals surface area contributed by atoms with Crippen LogP contribution in [0.25, 0.3) is 5.76 Å². The molecule has 0 bridgehead atoms. The van der Waals surface area contributed by atoms with Crippen molar-refractivity contribution in [1.29, 1.82) is 0 Å². The minimum atomic E-state index is -4.28. The van der Waals surface area contributed by atoms with E-state index in [-0.39, 0.29) is 9.77 Å². The molecule has 0 saturated heterocycles. The van der Waals surface area contributed by atoms with E-state index in [0.717, 1.165) is 16.9 Å². The molecule has 106 valence electrons. The van der Waals surface area contributed by atoms with E-state index >= 15 is 0 Å². The third kappa shape index (κ3) is 3.23. The van der Waals surface area contributed by atoms with Crippen LogP contribution in [-0.4, -0.2) is 8.42 Å². The maximum absolute atomic E-state index is 12.9. The van der Waals surface area contributed by atoms with E-state index in [1.165, 1.54) is 24.3 Å². The molecule has 0 aliphatic heterocycles. The minimum absolute atomic E-state index is 0.0562. The molecule has 1 aromatic heterocycles. The predicted octanol–water partition coefficient (Wildman–Crippen LogP) is 4.03. The maximum Gasteiger partial charge on any atom is 0.339 e. The first-order valence-corrected chi connectivity index (χ1v) is 7.79. The summed E-state index contributed by atoms with van der Waals surface area (Å²) in [6.45, 7) is 1.79. The molecule has 0 aliphatic carbocycles. The number of benzene rings is 1. The number of halogens is 2. The molecule has 0 N–H and O–H groups in total. The van der Waals surface area contributed by atoms with Crippen LogP contribution in [0.5, 0.6) is 0 Å². The smallest absolute Gasteiger partial charge is 0.339 e. The molecule has 1 aromatic carbocycles. The van der Waals surface area contributed by atoms with Crippen molar-refractivity contribution in [3.63, 3.8) is 0 Å². The van der Waals surface area contributed by atoms with Crippen molar-refractivity contribution in [3.8, 4) is 0 Å². The lowest BCUT2D eigenvalue weighted by Gasteiger charge is -2.08. The molecule has 0 spiro atoms. The normalized spacial score (nSPS) is 11.2. The molecule has 2 aromatic rings. The fraction of sp³-hybridized carbons (Fsp3) is 0.0769. The Kier molecular flexibility index (Phi) is 4.20. The van der Waals surface area contributed by atoms with Crippen LogP contribution in [0.15, 0.2) is 52.8 Å². The van der Waals surface area contributed by atoms with Gasteiger partial charge in [0.1, 0.15) is 4.90 Å². The van der Waals surface area contributed by atoms with Gasteiger partial charge in [-0.3, -0.25) is 0 Å². The first kappa shape index (κ1) is 14.7. The maximum atomic E-state index is 12.9. The molecule has 0 amide bonds. The molecule has 1 heterocycles. The summed E-state index contributed by atoms with van der Waals surface area (Å²) in [6, 6.07) is 8.65. The lowest BCUT2D eigenvalue weighted by atomic mass is 10.2. The van der Waals surface area contributed by atoms with Crippen molar-refractivity contribution < 1.29 is 21.4 Å². The number of aryl methyl sites for hydroxylation is 1. The number of rotatable bonds is 4. The molecule has 20 heavy (non-hydrogen) atoms. The van der Waals surface area contributed by atoms with Crippen molar-refractivity contribution in [3.05, 3.63) is 58.3 Å². The van der Waals surface area contributed by atoms with Crippen LogP contribution in [0, 0.1) is 6.92 Å². The molecule has 0 radical (unpaired) electrons. The first-order chi connectivity index (χ1) is 9.40. The van der Waals surface area contributed by atoms with Crippen molar-refractivity contribution in [2.24, 2.45) is 0 Å². The van der Waals surface area contributed by atoms with E-state index in [9.17, 15) is 17.2 Å². The largest absolute Gasteiger partial charge is 0.372 e. The van der Waals surface area contributed by atoms with E-state index in [1.54, 1.807) is 24.4 Å². The summed E-state index contributed by atoms with van der Waals surface area (Å²) in [6.07, 6.45) is -2.18. The summed E-state index contributed by atoms with van der Waals surface area (Å²) in [4.78, 5) is -0.112. The van der Waals surface area contributed by atoms with E-state index in [0.29, 0.717) is 0 Å². The molecule has 0 aliphatic rings. The zero-order chi connectivity index (χ0) is 14.8. The number of thiophene rings is 1. The van der Waals surface area contributed by atoms with Crippen molar-refractivity contribution in [2.75, 3.05) is 0 Å². The Bertz CT molecular complexity index is 713. The highest BCUT2D eigenvalue weighted by Crippen LogP contribution is 2.29. The minimum Gasteiger partial charge on any atom is -0.372 e. The highest BCUT2D eigenvalue weighted by molar-refractivity contribution is 7.87. The molecule has 7 heteroatoms. The van der Waals surface area contributed by atoms with E-state index < -0.39 is 22.0 Å². The molecule has 3 nitrogen and oxygen atoms in total. The van der Waals surface area contributed by atoms with Crippen LogP contribution in [0.1, 0.15) is 10.4 Å². The van der Waals surface area contributed by atoms with Crippen LogP contribution >= 0.6 is 11.3 Å². The second-order valence-electron chi connectivity index (χ2n) is 3.92. The van der Waals surface area contributed by atoms with Gasteiger partial charge in [-0.2, -0.15) is 17.2 Å². The highest BCUT2D eigenvalue weighted by Gasteiger charge is 2.23. The van der Waals surface area contributed by atoms with Gasteiger partial charge in [-0.25, -0.2) is 0 Å². The average molecular weight is 316 g/mol. The Morgan fingerprint density at radius 3 is 2.30 bits per heavy atom. The van der Waals surface area contributed by atoms with Gasteiger partial charge in [-0.05, 0) is 30.5 Å². The second-order valence-corrected chi connectivity index (χ2v) is 6.41. The van der Waals surface area contributed by atoms with Crippen LogP contribution in [-0.2, 0) is 14.3 Å². The Hall–Kier alpha value is -1.73. The van der Waals surface area contributed by atoms with Crippen molar-refractivity contribution in [2.45, 2.75) is 11.8 Å². The molecular weight excluding hydrogens is 306 g/mol. The van der Waals surface area contributed by atoms with Crippen LogP contribution in [0.3, 0.4) is 0 Å². The molecular formula is C13H10F2O3S2. The van der Waals surface area contributed by atoms with Crippen LogP contribution < -0.4 is 0 Å². The lowest BCUT2D eigenvalue weighted by Crippen LogP contribution is -2.06. The quantitative estimate of drug-likeness (QED) is 0.632. The molecule has 0 atom stereocenters. The first-order valence-electron chi connectivity index (χ1n) is 5.50. The third-order valence-corrected chi connectivity index (χ3v) is 4.52. The van der Waals surface area contributed by atoms with Gasteiger partial charge in [0.2, 0.25) is 5.76 Å². The summed E-state index contributed by atoms with van der Waals surface area (Å²) < 4.78 is 54.3. The van der Waals surface area contributed by atoms with Gasteiger partial charge in [0.25, 0.3) is 0 Å². The second kappa shape index (κ2) is 5.72. The predicted molar refractivity (Wildman–Crippen MR) is 72.9 cm³/mol. The summed E-state index contributed by atoms with van der Waals surface area (Å²) in [5.41, 5.74) is 0.856. The van der Waals surface area contributed by atoms with Gasteiger partial charge in [-0.15, -0.1) is 11.3 Å². The fourth-order valence-corrected chi connectivity index (χ4v) is 3.11. The molecule has 0 saturated carbocycles. The lowest BCUT2D eigenvalue weighted by molar-refractivity contribution is 0.382. The average Bonchev–Trinajstić information content (AvgIpc) is 2.90. The van der Waals surface area contributed by atoms with Gasteiger partial charge >= 0.3 is 16.2 Å². The van der Waals surface area contributed by atoms with Gasteiger partial charge in [0.05, 0.1) is 4.88 Å². The summed E-state index contributed by atoms with van der Waals surface area (Å²) >= 11 is 0.970. The Morgan fingerprint density at radius 2 is 1.80 bits per heavy atom. The Balaban J connectivity index is 2.36. The van der Waals surface area contributed by atoms with Gasteiger partial charge in [0, 0.05) is 0 Å². The molecule has 2 rings (SSSR count). The standard InChI is InChI=1S/C13H10F2O3S2/c1-9-4-6-10(7-5-9)20(16,17)18-12(13(14)15)11-3-2-8-19-11/h2-8H,1H3. The fourth-order valence-electron chi connectivity index (χ4n) is 1.44. The number of hydrogen-bond donors (Lipinski definition) is 0. The van der Waals surface area contributed by atoms with Crippen LogP contribution in [0.2, 0.25) is 0 Å². The van der Waals surface area contributed by atoms with Gasteiger partial charge < -0.3 is 4.18 Å².